The van der Waals surface area contributed by atoms with Gasteiger partial charge in [0.05, 0.1) is 33.0 Å². The Morgan fingerprint density at radius 2 is 1.80 bits per heavy atom. The molecule has 0 saturated heterocycles. The fourth-order valence-corrected chi connectivity index (χ4v) is 3.09. The Morgan fingerprint density at radius 1 is 1.08 bits per heavy atom. The molecule has 3 rings (SSSR count). The monoisotopic (exact) mass is 355 g/mol. The van der Waals surface area contributed by atoms with Gasteiger partial charge in [0, 0.05) is 0 Å². The fourth-order valence-electron chi connectivity index (χ4n) is 2.18. The second kappa shape index (κ2) is 6.39. The molecule has 0 radical (unpaired) electrons. The van der Waals surface area contributed by atoms with E-state index < -0.39 is 11.7 Å². The highest BCUT2D eigenvalue weighted by atomic mass is 32.1. The van der Waals surface area contributed by atoms with E-state index in [1.54, 1.807) is 30.3 Å². The summed E-state index contributed by atoms with van der Waals surface area (Å²) in [4.78, 5) is 4.16. The van der Waals surface area contributed by atoms with E-state index in [4.69, 9.17) is 5.26 Å². The number of nitriles is 2. The van der Waals surface area contributed by atoms with Crippen molar-refractivity contribution in [1.29, 1.82) is 10.5 Å². The molecule has 0 bridgehead atoms. The number of hydrogen-bond acceptors (Lipinski definition) is 4. The fraction of sp³-hybridized carbons (Fsp3) is 0.0556. The van der Waals surface area contributed by atoms with Crippen molar-refractivity contribution < 1.29 is 13.2 Å². The molecule has 0 spiro atoms. The van der Waals surface area contributed by atoms with Crippen molar-refractivity contribution in [3.63, 3.8) is 0 Å². The van der Waals surface area contributed by atoms with Crippen LogP contribution < -0.4 is 0 Å². The van der Waals surface area contributed by atoms with E-state index >= 15 is 0 Å². The summed E-state index contributed by atoms with van der Waals surface area (Å²) in [7, 11) is 0. The summed E-state index contributed by atoms with van der Waals surface area (Å²) < 4.78 is 38.9. The summed E-state index contributed by atoms with van der Waals surface area (Å²) in [5, 5.41) is 18.5. The first-order valence-electron chi connectivity index (χ1n) is 7.01. The van der Waals surface area contributed by atoms with Gasteiger partial charge >= 0.3 is 6.18 Å². The molecule has 1 heterocycles. The maximum Gasteiger partial charge on any atom is 0.416 e. The van der Waals surface area contributed by atoms with Gasteiger partial charge < -0.3 is 0 Å². The third kappa shape index (κ3) is 3.52. The number of hydrogen-bond donors (Lipinski definition) is 0. The second-order valence-electron chi connectivity index (χ2n) is 5.10. The van der Waals surface area contributed by atoms with E-state index in [-0.39, 0.29) is 11.1 Å². The SMILES string of the molecule is N#C/C(=C/c1ccc(C#N)cc1)c1nc2cc(C(F)(F)F)ccc2s1. The van der Waals surface area contributed by atoms with Gasteiger partial charge in [-0.2, -0.15) is 23.7 Å². The van der Waals surface area contributed by atoms with Crippen LogP contribution in [0.25, 0.3) is 21.9 Å². The van der Waals surface area contributed by atoms with E-state index in [2.05, 4.69) is 4.98 Å². The Balaban J connectivity index is 2.02. The molecule has 0 aliphatic rings. The van der Waals surface area contributed by atoms with Crippen molar-refractivity contribution in [2.24, 2.45) is 0 Å². The van der Waals surface area contributed by atoms with E-state index in [1.807, 2.05) is 12.1 Å². The first-order chi connectivity index (χ1) is 11.9. The van der Waals surface area contributed by atoms with Gasteiger partial charge in [0.2, 0.25) is 0 Å². The summed E-state index contributed by atoms with van der Waals surface area (Å²) in [6, 6.07) is 14.0. The summed E-state index contributed by atoms with van der Waals surface area (Å²) in [6.45, 7) is 0. The minimum Gasteiger partial charge on any atom is -0.235 e. The molecule has 3 aromatic rings. The van der Waals surface area contributed by atoms with Gasteiger partial charge in [-0.05, 0) is 42.0 Å². The Labute approximate surface area is 144 Å². The van der Waals surface area contributed by atoms with Crippen molar-refractivity contribution in [1.82, 2.24) is 4.98 Å². The number of alkyl halides is 3. The molecule has 3 nitrogen and oxygen atoms in total. The van der Waals surface area contributed by atoms with E-state index in [9.17, 15) is 18.4 Å². The Hall–Kier alpha value is -3.16. The molecule has 0 fully saturated rings. The lowest BCUT2D eigenvalue weighted by Gasteiger charge is -2.04. The van der Waals surface area contributed by atoms with Crippen LogP contribution >= 0.6 is 11.3 Å². The van der Waals surface area contributed by atoms with Crippen molar-refractivity contribution in [2.75, 3.05) is 0 Å². The maximum atomic E-state index is 12.8. The second-order valence-corrected chi connectivity index (χ2v) is 6.13. The molecular formula is C18H8F3N3S. The molecule has 0 saturated carbocycles. The topological polar surface area (TPSA) is 60.5 Å². The van der Waals surface area contributed by atoms with Crippen LogP contribution in [0.2, 0.25) is 0 Å². The molecule has 0 atom stereocenters. The molecule has 25 heavy (non-hydrogen) atoms. The number of nitrogens with zero attached hydrogens (tertiary/aromatic N) is 3. The molecule has 0 aliphatic carbocycles. The highest BCUT2D eigenvalue weighted by Crippen LogP contribution is 2.34. The van der Waals surface area contributed by atoms with Crippen LogP contribution in [0.5, 0.6) is 0 Å². The predicted molar refractivity (Wildman–Crippen MR) is 89.3 cm³/mol. The zero-order chi connectivity index (χ0) is 18.0. The van der Waals surface area contributed by atoms with Crippen molar-refractivity contribution in [2.45, 2.75) is 6.18 Å². The third-order valence-electron chi connectivity index (χ3n) is 3.42. The molecule has 1 aromatic heterocycles. The normalized spacial score (nSPS) is 12.0. The molecule has 0 amide bonds. The zero-order valence-corrected chi connectivity index (χ0v) is 13.3. The maximum absolute atomic E-state index is 12.8. The number of benzene rings is 2. The van der Waals surface area contributed by atoms with Gasteiger partial charge in [-0.1, -0.05) is 12.1 Å². The lowest BCUT2D eigenvalue weighted by molar-refractivity contribution is -0.137. The molecule has 0 unspecified atom stereocenters. The summed E-state index contributed by atoms with van der Waals surface area (Å²) in [6.07, 6.45) is -2.85. The molecule has 122 valence electrons. The molecule has 2 aromatic carbocycles. The number of thiazole rings is 1. The standard InChI is InChI=1S/C18H8F3N3S/c19-18(20,21)14-5-6-16-15(8-14)24-17(25-16)13(10-23)7-11-1-3-12(9-22)4-2-11/h1-8H/b13-7-. The van der Waals surface area contributed by atoms with Crippen LogP contribution in [-0.4, -0.2) is 4.98 Å². The van der Waals surface area contributed by atoms with Crippen LogP contribution in [0.4, 0.5) is 13.2 Å². The summed E-state index contributed by atoms with van der Waals surface area (Å²) >= 11 is 1.15. The van der Waals surface area contributed by atoms with Crippen LogP contribution in [0.15, 0.2) is 42.5 Å². The Morgan fingerprint density at radius 3 is 2.40 bits per heavy atom. The number of rotatable bonds is 2. The van der Waals surface area contributed by atoms with E-state index in [1.165, 1.54) is 6.07 Å². The minimum atomic E-state index is -4.44. The summed E-state index contributed by atoms with van der Waals surface area (Å²) in [5.74, 6) is 0. The van der Waals surface area contributed by atoms with Crippen LogP contribution in [0, 0.1) is 22.7 Å². The first kappa shape index (κ1) is 16.7. The summed E-state index contributed by atoms with van der Waals surface area (Å²) in [5.41, 5.74) is 0.878. The van der Waals surface area contributed by atoms with Crippen molar-refractivity contribution in [3.8, 4) is 12.1 Å². The lowest BCUT2D eigenvalue weighted by atomic mass is 10.1. The Bertz CT molecular complexity index is 1050. The minimum absolute atomic E-state index is 0.204. The van der Waals surface area contributed by atoms with Crippen molar-refractivity contribution >= 4 is 33.2 Å². The largest absolute Gasteiger partial charge is 0.416 e. The predicted octanol–water partition coefficient (Wildman–Crippen LogP) is 5.25. The molecule has 0 aliphatic heterocycles. The van der Waals surface area contributed by atoms with Gasteiger partial charge in [-0.15, -0.1) is 11.3 Å². The van der Waals surface area contributed by atoms with Crippen molar-refractivity contribution in [3.05, 3.63) is 64.2 Å². The van der Waals surface area contributed by atoms with E-state index in [0.29, 0.717) is 20.8 Å². The van der Waals surface area contributed by atoms with Crippen LogP contribution in [0.3, 0.4) is 0 Å². The van der Waals surface area contributed by atoms with Gasteiger partial charge in [0.1, 0.15) is 11.1 Å². The highest BCUT2D eigenvalue weighted by molar-refractivity contribution is 7.19. The third-order valence-corrected chi connectivity index (χ3v) is 4.49. The number of aromatic nitrogens is 1. The number of fused-ring (bicyclic) bond motifs is 1. The molecule has 0 N–H and O–H groups in total. The highest BCUT2D eigenvalue weighted by Gasteiger charge is 2.30. The van der Waals surface area contributed by atoms with Crippen LogP contribution in [-0.2, 0) is 6.18 Å². The van der Waals surface area contributed by atoms with E-state index in [0.717, 1.165) is 23.5 Å². The Kier molecular flexibility index (Phi) is 4.26. The molecule has 7 heteroatoms. The first-order valence-corrected chi connectivity index (χ1v) is 7.82. The smallest absolute Gasteiger partial charge is 0.235 e. The van der Waals surface area contributed by atoms with Gasteiger partial charge in [0.15, 0.2) is 0 Å². The number of halogens is 3. The van der Waals surface area contributed by atoms with Gasteiger partial charge in [0.25, 0.3) is 0 Å². The quantitative estimate of drug-likeness (QED) is 0.590. The number of allylic oxidation sites excluding steroid dienone is 1. The van der Waals surface area contributed by atoms with Gasteiger partial charge in [-0.3, -0.25) is 0 Å². The average molecular weight is 355 g/mol. The zero-order valence-electron chi connectivity index (χ0n) is 12.5. The lowest BCUT2D eigenvalue weighted by Crippen LogP contribution is -2.03. The van der Waals surface area contributed by atoms with Gasteiger partial charge in [-0.25, -0.2) is 4.98 Å². The average Bonchev–Trinajstić information content (AvgIpc) is 3.02. The molecular weight excluding hydrogens is 347 g/mol. The van der Waals surface area contributed by atoms with Crippen LogP contribution in [0.1, 0.15) is 21.7 Å².